The molecule has 0 spiro atoms. The molecule has 0 aliphatic carbocycles. The van der Waals surface area contributed by atoms with Crippen LogP contribution in [0.4, 0.5) is 5.69 Å². The lowest BCUT2D eigenvalue weighted by molar-refractivity contribution is 0.701. The maximum atomic E-state index is 9.12. The molecule has 0 aromatic carbocycles. The zero-order chi connectivity index (χ0) is 12.8. The van der Waals surface area contributed by atoms with Gasteiger partial charge >= 0.3 is 0 Å². The first-order valence-corrected chi connectivity index (χ1v) is 7.09. The van der Waals surface area contributed by atoms with Crippen LogP contribution in [-0.4, -0.2) is 23.5 Å². The van der Waals surface area contributed by atoms with E-state index in [1.54, 1.807) is 0 Å². The summed E-state index contributed by atoms with van der Waals surface area (Å²) in [6, 6.07) is 4.16. The first-order chi connectivity index (χ1) is 8.08. The van der Waals surface area contributed by atoms with Crippen LogP contribution in [0.2, 0.25) is 0 Å². The van der Waals surface area contributed by atoms with Crippen molar-refractivity contribution in [3.63, 3.8) is 0 Å². The highest BCUT2D eigenvalue weighted by atomic mass is 32.2. The molecule has 0 radical (unpaired) electrons. The second-order valence-electron chi connectivity index (χ2n) is 4.32. The lowest BCUT2D eigenvalue weighted by atomic mass is 10.1. The second-order valence-corrected chi connectivity index (χ2v) is 5.24. The van der Waals surface area contributed by atoms with Gasteiger partial charge in [0.2, 0.25) is 0 Å². The maximum Gasteiger partial charge on any atom is 0.103 e. The zero-order valence-electron chi connectivity index (χ0n) is 10.9. The zero-order valence-corrected chi connectivity index (χ0v) is 11.7. The molecule has 1 rings (SSSR count). The molecule has 1 aromatic heterocycles. The smallest absolute Gasteiger partial charge is 0.103 e. The molecule has 0 saturated carbocycles. The summed E-state index contributed by atoms with van der Waals surface area (Å²) >= 11 is 1.84. The van der Waals surface area contributed by atoms with Crippen molar-refractivity contribution < 1.29 is 0 Å². The number of thioether (sulfide) groups is 1. The Morgan fingerprint density at radius 1 is 1.53 bits per heavy atom. The van der Waals surface area contributed by atoms with Crippen LogP contribution in [0, 0.1) is 31.1 Å². The molecule has 0 saturated heterocycles. The minimum absolute atomic E-state index is 0.588. The van der Waals surface area contributed by atoms with Crippen LogP contribution < -0.4 is 5.32 Å². The molecule has 1 unspecified atom stereocenters. The molecule has 1 aromatic rings. The van der Waals surface area contributed by atoms with E-state index < -0.39 is 0 Å². The SMILES string of the molecule is CSCC(C)CNc1cc(C)nc(C)c1C#N. The molecule has 1 heterocycles. The number of nitrogens with zero attached hydrogens (tertiary/aromatic N) is 2. The molecule has 1 atom stereocenters. The third-order valence-electron chi connectivity index (χ3n) is 2.53. The lowest BCUT2D eigenvalue weighted by Gasteiger charge is -2.14. The summed E-state index contributed by atoms with van der Waals surface area (Å²) in [4.78, 5) is 4.30. The Morgan fingerprint density at radius 2 is 2.24 bits per heavy atom. The van der Waals surface area contributed by atoms with E-state index in [-0.39, 0.29) is 0 Å². The summed E-state index contributed by atoms with van der Waals surface area (Å²) < 4.78 is 0. The van der Waals surface area contributed by atoms with E-state index >= 15 is 0 Å². The molecule has 0 aliphatic rings. The van der Waals surface area contributed by atoms with Gasteiger partial charge in [0.05, 0.1) is 16.9 Å². The van der Waals surface area contributed by atoms with E-state index in [0.717, 1.165) is 29.4 Å². The predicted octanol–water partition coefficient (Wildman–Crippen LogP) is 2.98. The lowest BCUT2D eigenvalue weighted by Crippen LogP contribution is -2.14. The Balaban J connectivity index is 2.80. The highest BCUT2D eigenvalue weighted by Gasteiger charge is 2.09. The van der Waals surface area contributed by atoms with Crippen molar-refractivity contribution in [3.05, 3.63) is 23.0 Å². The van der Waals surface area contributed by atoms with E-state index in [1.165, 1.54) is 0 Å². The largest absolute Gasteiger partial charge is 0.384 e. The molecular formula is C13H19N3S. The van der Waals surface area contributed by atoms with E-state index in [0.29, 0.717) is 11.5 Å². The minimum atomic E-state index is 0.588. The maximum absolute atomic E-state index is 9.12. The molecular weight excluding hydrogens is 230 g/mol. The molecule has 1 N–H and O–H groups in total. The average molecular weight is 249 g/mol. The summed E-state index contributed by atoms with van der Waals surface area (Å²) in [6.45, 7) is 6.92. The van der Waals surface area contributed by atoms with Crippen LogP contribution in [0.3, 0.4) is 0 Å². The Kier molecular flexibility index (Phi) is 5.30. The van der Waals surface area contributed by atoms with Gasteiger partial charge in [-0.2, -0.15) is 17.0 Å². The topological polar surface area (TPSA) is 48.7 Å². The second kappa shape index (κ2) is 6.51. The van der Waals surface area contributed by atoms with Gasteiger partial charge in [0, 0.05) is 12.2 Å². The van der Waals surface area contributed by atoms with E-state index in [1.807, 2.05) is 31.7 Å². The van der Waals surface area contributed by atoms with E-state index in [9.17, 15) is 0 Å². The predicted molar refractivity (Wildman–Crippen MR) is 74.5 cm³/mol. The summed E-state index contributed by atoms with van der Waals surface area (Å²) in [5, 5.41) is 12.5. The van der Waals surface area contributed by atoms with Crippen LogP contribution in [0.15, 0.2) is 6.07 Å². The quantitative estimate of drug-likeness (QED) is 0.871. The monoisotopic (exact) mass is 249 g/mol. The standard InChI is InChI=1S/C13H19N3S/c1-9(8-17-4)7-15-13-5-10(2)16-11(3)12(13)6-14/h5,9H,7-8H2,1-4H3,(H,15,16). The van der Waals surface area contributed by atoms with Crippen molar-refractivity contribution in [1.29, 1.82) is 5.26 Å². The van der Waals surface area contributed by atoms with Crippen molar-refractivity contribution in [3.8, 4) is 6.07 Å². The third-order valence-corrected chi connectivity index (χ3v) is 3.43. The number of nitriles is 1. The van der Waals surface area contributed by atoms with Crippen LogP contribution in [0.5, 0.6) is 0 Å². The van der Waals surface area contributed by atoms with Gasteiger partial charge in [-0.15, -0.1) is 0 Å². The molecule has 0 aliphatic heterocycles. The van der Waals surface area contributed by atoms with Gasteiger partial charge in [-0.05, 0) is 37.8 Å². The number of rotatable bonds is 5. The van der Waals surface area contributed by atoms with Crippen LogP contribution in [0.1, 0.15) is 23.9 Å². The molecule has 0 fully saturated rings. The molecule has 0 amide bonds. The third kappa shape index (κ3) is 3.94. The van der Waals surface area contributed by atoms with Gasteiger partial charge in [-0.25, -0.2) is 0 Å². The van der Waals surface area contributed by atoms with Gasteiger partial charge in [-0.3, -0.25) is 4.98 Å². The average Bonchev–Trinajstić information content (AvgIpc) is 2.26. The van der Waals surface area contributed by atoms with Crippen LogP contribution >= 0.6 is 11.8 Å². The molecule has 92 valence electrons. The van der Waals surface area contributed by atoms with Crippen LogP contribution in [-0.2, 0) is 0 Å². The Hall–Kier alpha value is -1.21. The van der Waals surface area contributed by atoms with Gasteiger partial charge in [-0.1, -0.05) is 6.92 Å². The van der Waals surface area contributed by atoms with E-state index in [2.05, 4.69) is 29.5 Å². The fourth-order valence-corrected chi connectivity index (χ4v) is 2.42. The van der Waals surface area contributed by atoms with Crippen molar-refractivity contribution >= 4 is 17.4 Å². The van der Waals surface area contributed by atoms with E-state index in [4.69, 9.17) is 5.26 Å². The number of aryl methyl sites for hydroxylation is 2. The Bertz CT molecular complexity index is 423. The highest BCUT2D eigenvalue weighted by molar-refractivity contribution is 7.98. The van der Waals surface area contributed by atoms with Crippen molar-refractivity contribution in [2.24, 2.45) is 5.92 Å². The number of hydrogen-bond donors (Lipinski definition) is 1. The number of aromatic nitrogens is 1. The first-order valence-electron chi connectivity index (χ1n) is 5.69. The van der Waals surface area contributed by atoms with Gasteiger partial charge in [0.1, 0.15) is 6.07 Å². The fraction of sp³-hybridized carbons (Fsp3) is 0.538. The Labute approximate surface area is 108 Å². The number of hydrogen-bond acceptors (Lipinski definition) is 4. The van der Waals surface area contributed by atoms with Gasteiger partial charge in [0.25, 0.3) is 0 Å². The number of nitrogens with one attached hydrogen (secondary N) is 1. The molecule has 0 bridgehead atoms. The van der Waals surface area contributed by atoms with Gasteiger partial charge < -0.3 is 5.32 Å². The van der Waals surface area contributed by atoms with Gasteiger partial charge in [0.15, 0.2) is 0 Å². The summed E-state index contributed by atoms with van der Waals surface area (Å²) in [5.74, 6) is 1.71. The summed E-state index contributed by atoms with van der Waals surface area (Å²) in [6.07, 6.45) is 2.11. The first kappa shape index (κ1) is 13.9. The molecule has 4 heteroatoms. The Morgan fingerprint density at radius 3 is 2.82 bits per heavy atom. The fourth-order valence-electron chi connectivity index (χ4n) is 1.74. The van der Waals surface area contributed by atoms with Crippen molar-refractivity contribution in [1.82, 2.24) is 4.98 Å². The number of anilines is 1. The van der Waals surface area contributed by atoms with Crippen molar-refractivity contribution in [2.45, 2.75) is 20.8 Å². The normalized spacial score (nSPS) is 11.9. The summed E-state index contributed by atoms with van der Waals surface area (Å²) in [5.41, 5.74) is 3.31. The molecule has 3 nitrogen and oxygen atoms in total. The van der Waals surface area contributed by atoms with Crippen molar-refractivity contribution in [2.75, 3.05) is 23.9 Å². The van der Waals surface area contributed by atoms with Crippen LogP contribution in [0.25, 0.3) is 0 Å². The minimum Gasteiger partial charge on any atom is -0.384 e. The number of pyridine rings is 1. The highest BCUT2D eigenvalue weighted by Crippen LogP contribution is 2.19. The summed E-state index contributed by atoms with van der Waals surface area (Å²) in [7, 11) is 0. The molecule has 17 heavy (non-hydrogen) atoms.